The highest BCUT2D eigenvalue weighted by molar-refractivity contribution is 5.78. The number of hydrogen-bond donors (Lipinski definition) is 2. The van der Waals surface area contributed by atoms with Crippen LogP contribution in [0.3, 0.4) is 0 Å². The van der Waals surface area contributed by atoms with Gasteiger partial charge in [-0.05, 0) is 25.5 Å². The third kappa shape index (κ3) is 3.67. The molecule has 4 nitrogen and oxygen atoms in total. The maximum absolute atomic E-state index is 11.5. The molecule has 82 valence electrons. The van der Waals surface area contributed by atoms with Gasteiger partial charge in [0.05, 0.1) is 18.7 Å². The van der Waals surface area contributed by atoms with E-state index >= 15 is 0 Å². The summed E-state index contributed by atoms with van der Waals surface area (Å²) in [5, 5.41) is 11.5. The Balaban J connectivity index is 2.55. The molecule has 0 saturated carbocycles. The highest BCUT2D eigenvalue weighted by Crippen LogP contribution is 2.03. The number of aliphatic hydroxyl groups is 1. The number of hydrogen-bond acceptors (Lipinski definition) is 3. The number of nitrogens with zero attached hydrogens (tertiary/aromatic N) is 1. The van der Waals surface area contributed by atoms with Crippen molar-refractivity contribution in [2.24, 2.45) is 0 Å². The lowest BCUT2D eigenvalue weighted by Gasteiger charge is -2.10. The zero-order valence-corrected chi connectivity index (χ0v) is 9.03. The Morgan fingerprint density at radius 2 is 2.40 bits per heavy atom. The molecule has 0 aromatic carbocycles. The number of amides is 1. The Hall–Kier alpha value is -1.42. The van der Waals surface area contributed by atoms with Crippen LogP contribution in [-0.4, -0.2) is 28.6 Å². The van der Waals surface area contributed by atoms with Crippen LogP contribution < -0.4 is 5.32 Å². The van der Waals surface area contributed by atoms with Crippen molar-refractivity contribution in [3.05, 3.63) is 29.6 Å². The van der Waals surface area contributed by atoms with Gasteiger partial charge in [0.15, 0.2) is 0 Å². The number of rotatable bonds is 4. The second-order valence-electron chi connectivity index (χ2n) is 3.59. The Labute approximate surface area is 89.3 Å². The maximum Gasteiger partial charge on any atom is 0.226 e. The molecule has 1 aromatic rings. The molecule has 0 unspecified atom stereocenters. The van der Waals surface area contributed by atoms with Crippen LogP contribution in [0.2, 0.25) is 0 Å². The fourth-order valence-corrected chi connectivity index (χ4v) is 1.23. The van der Waals surface area contributed by atoms with Crippen LogP contribution >= 0.6 is 0 Å². The summed E-state index contributed by atoms with van der Waals surface area (Å²) in [6.07, 6.45) is 1.93. The summed E-state index contributed by atoms with van der Waals surface area (Å²) in [6, 6.07) is 3.56. The second-order valence-corrected chi connectivity index (χ2v) is 3.59. The topological polar surface area (TPSA) is 62.2 Å². The zero-order chi connectivity index (χ0) is 11.3. The first-order chi connectivity index (χ1) is 7.13. The highest BCUT2D eigenvalue weighted by Gasteiger charge is 2.09. The molecule has 1 atom stereocenters. The van der Waals surface area contributed by atoms with Crippen molar-refractivity contribution < 1.29 is 9.90 Å². The second kappa shape index (κ2) is 5.46. The average molecular weight is 208 g/mol. The van der Waals surface area contributed by atoms with Crippen LogP contribution in [0.15, 0.2) is 18.3 Å². The zero-order valence-electron chi connectivity index (χ0n) is 9.03. The highest BCUT2D eigenvalue weighted by atomic mass is 16.3. The molecule has 1 rings (SSSR count). The Kier molecular flexibility index (Phi) is 4.24. The fourth-order valence-electron chi connectivity index (χ4n) is 1.23. The normalized spacial score (nSPS) is 12.2. The van der Waals surface area contributed by atoms with E-state index in [2.05, 4.69) is 10.3 Å². The minimum atomic E-state index is -0.207. The third-order valence-electron chi connectivity index (χ3n) is 2.13. The van der Waals surface area contributed by atoms with Crippen LogP contribution in [0.5, 0.6) is 0 Å². The van der Waals surface area contributed by atoms with Gasteiger partial charge in [-0.15, -0.1) is 0 Å². The minimum Gasteiger partial charge on any atom is -0.394 e. The Morgan fingerprint density at radius 3 is 3.00 bits per heavy atom. The van der Waals surface area contributed by atoms with E-state index < -0.39 is 0 Å². The number of aromatic nitrogens is 1. The van der Waals surface area contributed by atoms with Gasteiger partial charge in [-0.2, -0.15) is 0 Å². The van der Waals surface area contributed by atoms with Crippen molar-refractivity contribution in [1.82, 2.24) is 10.3 Å². The largest absolute Gasteiger partial charge is 0.394 e. The average Bonchev–Trinajstić information content (AvgIpc) is 2.21. The van der Waals surface area contributed by atoms with Crippen molar-refractivity contribution in [2.75, 3.05) is 6.61 Å². The molecule has 1 amide bonds. The van der Waals surface area contributed by atoms with Crippen LogP contribution in [-0.2, 0) is 11.2 Å². The van der Waals surface area contributed by atoms with Crippen molar-refractivity contribution in [3.8, 4) is 0 Å². The first-order valence-electron chi connectivity index (χ1n) is 4.94. The number of nitrogens with one attached hydrogen (secondary N) is 1. The van der Waals surface area contributed by atoms with Gasteiger partial charge < -0.3 is 10.4 Å². The molecule has 15 heavy (non-hydrogen) atoms. The van der Waals surface area contributed by atoms with Gasteiger partial charge in [0.1, 0.15) is 0 Å². The van der Waals surface area contributed by atoms with E-state index in [4.69, 9.17) is 5.11 Å². The molecule has 1 heterocycles. The van der Waals surface area contributed by atoms with Crippen molar-refractivity contribution in [1.29, 1.82) is 0 Å². The monoisotopic (exact) mass is 208 g/mol. The van der Waals surface area contributed by atoms with Gasteiger partial charge in [0.25, 0.3) is 0 Å². The number of carbonyl (C=O) groups excluding carboxylic acids is 1. The predicted molar refractivity (Wildman–Crippen MR) is 57.4 cm³/mol. The van der Waals surface area contributed by atoms with E-state index in [0.717, 1.165) is 11.3 Å². The van der Waals surface area contributed by atoms with Crippen molar-refractivity contribution in [3.63, 3.8) is 0 Å². The molecular formula is C11H16N2O2. The standard InChI is InChI=1S/C11H16N2O2/c1-8-4-3-5-12-10(8)6-11(15)13-9(2)7-14/h3-5,9,14H,6-7H2,1-2H3,(H,13,15)/t9-/m0/s1. The Bertz CT molecular complexity index is 339. The van der Waals surface area contributed by atoms with Gasteiger partial charge in [-0.1, -0.05) is 6.07 Å². The molecule has 1 aromatic heterocycles. The molecule has 0 spiro atoms. The smallest absolute Gasteiger partial charge is 0.226 e. The summed E-state index contributed by atoms with van der Waals surface area (Å²) >= 11 is 0. The summed E-state index contributed by atoms with van der Waals surface area (Å²) in [5.41, 5.74) is 1.78. The lowest BCUT2D eigenvalue weighted by molar-refractivity contribution is -0.121. The van der Waals surface area contributed by atoms with Gasteiger partial charge >= 0.3 is 0 Å². The van der Waals surface area contributed by atoms with Crippen LogP contribution in [0.25, 0.3) is 0 Å². The SMILES string of the molecule is Cc1cccnc1CC(=O)N[C@@H](C)CO. The van der Waals surface area contributed by atoms with Crippen LogP contribution in [0, 0.1) is 6.92 Å². The molecule has 0 fully saturated rings. The molecule has 0 aliphatic heterocycles. The lowest BCUT2D eigenvalue weighted by Crippen LogP contribution is -2.36. The molecular weight excluding hydrogens is 192 g/mol. The molecule has 0 aliphatic rings. The molecule has 2 N–H and O–H groups in total. The van der Waals surface area contributed by atoms with E-state index in [9.17, 15) is 4.79 Å². The molecule has 0 saturated heterocycles. The quantitative estimate of drug-likeness (QED) is 0.754. The van der Waals surface area contributed by atoms with Gasteiger partial charge in [0, 0.05) is 12.2 Å². The van der Waals surface area contributed by atoms with E-state index in [0.29, 0.717) is 0 Å². The summed E-state index contributed by atoms with van der Waals surface area (Å²) in [6.45, 7) is 3.63. The summed E-state index contributed by atoms with van der Waals surface area (Å²) < 4.78 is 0. The predicted octanol–water partition coefficient (Wildman–Crippen LogP) is 0.430. The fraction of sp³-hybridized carbons (Fsp3) is 0.455. The molecule has 4 heteroatoms. The van der Waals surface area contributed by atoms with E-state index in [-0.39, 0.29) is 25.0 Å². The third-order valence-corrected chi connectivity index (χ3v) is 2.13. The van der Waals surface area contributed by atoms with Crippen molar-refractivity contribution in [2.45, 2.75) is 26.3 Å². The molecule has 0 aliphatic carbocycles. The van der Waals surface area contributed by atoms with Gasteiger partial charge in [-0.3, -0.25) is 9.78 Å². The van der Waals surface area contributed by atoms with Crippen LogP contribution in [0.4, 0.5) is 0 Å². The van der Waals surface area contributed by atoms with E-state index in [1.807, 2.05) is 19.1 Å². The van der Waals surface area contributed by atoms with Gasteiger partial charge in [0.2, 0.25) is 5.91 Å². The summed E-state index contributed by atoms with van der Waals surface area (Å²) in [4.78, 5) is 15.6. The summed E-state index contributed by atoms with van der Waals surface area (Å²) in [5.74, 6) is -0.113. The van der Waals surface area contributed by atoms with Gasteiger partial charge in [-0.25, -0.2) is 0 Å². The van der Waals surface area contributed by atoms with E-state index in [1.165, 1.54) is 0 Å². The first-order valence-corrected chi connectivity index (χ1v) is 4.94. The number of aryl methyl sites for hydroxylation is 1. The van der Waals surface area contributed by atoms with E-state index in [1.54, 1.807) is 13.1 Å². The number of aliphatic hydroxyl groups excluding tert-OH is 1. The summed E-state index contributed by atoms with van der Waals surface area (Å²) in [7, 11) is 0. The lowest BCUT2D eigenvalue weighted by atomic mass is 10.1. The molecule has 0 radical (unpaired) electrons. The molecule has 0 bridgehead atoms. The van der Waals surface area contributed by atoms with Crippen LogP contribution in [0.1, 0.15) is 18.2 Å². The van der Waals surface area contributed by atoms with Crippen molar-refractivity contribution >= 4 is 5.91 Å². The minimum absolute atomic E-state index is 0.0487. The first kappa shape index (κ1) is 11.7. The number of pyridine rings is 1. The number of carbonyl (C=O) groups is 1. The maximum atomic E-state index is 11.5. The Morgan fingerprint density at radius 1 is 1.67 bits per heavy atom.